The first-order chi connectivity index (χ1) is 13.6. The Bertz CT molecular complexity index is 474. The summed E-state index contributed by atoms with van der Waals surface area (Å²) < 4.78 is 15.1. The Hall–Kier alpha value is -1.60. The van der Waals surface area contributed by atoms with E-state index in [4.69, 9.17) is 14.2 Å². The standard InChI is InChI=1S/C21H37NO6/c1-3-27-20(24)16-26-15-9-8-12-18(21(25)28-4-2)22-14-13-19(23)17-10-6-5-7-11-17/h12,17,19,22-23H,3-11,13-16H2,1-2H3/b18-12+. The molecule has 0 heterocycles. The number of carbonyl (C=O) groups excluding carboxylic acids is 2. The van der Waals surface area contributed by atoms with Crippen molar-refractivity contribution < 1.29 is 28.9 Å². The minimum absolute atomic E-state index is 0.0560. The molecule has 1 saturated carbocycles. The molecule has 0 aromatic heterocycles. The van der Waals surface area contributed by atoms with Crippen LogP contribution in [0.3, 0.4) is 0 Å². The summed E-state index contributed by atoms with van der Waals surface area (Å²) in [7, 11) is 0. The van der Waals surface area contributed by atoms with E-state index in [2.05, 4.69) is 5.32 Å². The molecule has 0 amide bonds. The summed E-state index contributed by atoms with van der Waals surface area (Å²) in [5.74, 6) is -0.382. The first-order valence-electron chi connectivity index (χ1n) is 10.6. The van der Waals surface area contributed by atoms with Crippen LogP contribution in [0.25, 0.3) is 0 Å². The maximum atomic E-state index is 12.1. The molecule has 0 radical (unpaired) electrons. The fourth-order valence-electron chi connectivity index (χ4n) is 3.34. The third-order valence-electron chi connectivity index (χ3n) is 4.81. The molecule has 0 saturated heterocycles. The van der Waals surface area contributed by atoms with Gasteiger partial charge in [0.15, 0.2) is 0 Å². The van der Waals surface area contributed by atoms with E-state index in [1.165, 1.54) is 19.3 Å². The highest BCUT2D eigenvalue weighted by Gasteiger charge is 2.21. The number of unbranched alkanes of at least 4 members (excludes halogenated alkanes) is 1. The lowest BCUT2D eigenvalue weighted by Gasteiger charge is -2.26. The summed E-state index contributed by atoms with van der Waals surface area (Å²) in [6.45, 7) is 5.06. The zero-order valence-corrected chi connectivity index (χ0v) is 17.4. The van der Waals surface area contributed by atoms with Crippen molar-refractivity contribution >= 4 is 11.9 Å². The summed E-state index contributed by atoms with van der Waals surface area (Å²) in [6, 6.07) is 0. The predicted molar refractivity (Wildman–Crippen MR) is 107 cm³/mol. The topological polar surface area (TPSA) is 94.1 Å². The Labute approximate surface area is 168 Å². The van der Waals surface area contributed by atoms with Crippen LogP contribution < -0.4 is 5.32 Å². The highest BCUT2D eigenvalue weighted by atomic mass is 16.6. The third kappa shape index (κ3) is 10.7. The summed E-state index contributed by atoms with van der Waals surface area (Å²) in [4.78, 5) is 23.3. The van der Waals surface area contributed by atoms with Gasteiger partial charge in [0.2, 0.25) is 0 Å². The Balaban J connectivity index is 2.33. The number of aliphatic hydroxyl groups excluding tert-OH is 1. The fraction of sp³-hybridized carbons (Fsp3) is 0.810. The fourth-order valence-corrected chi connectivity index (χ4v) is 3.34. The molecule has 1 rings (SSSR count). The van der Waals surface area contributed by atoms with Gasteiger partial charge in [-0.3, -0.25) is 0 Å². The number of nitrogens with one attached hydrogen (secondary N) is 1. The molecule has 0 aromatic rings. The van der Waals surface area contributed by atoms with E-state index in [0.717, 1.165) is 12.8 Å². The molecule has 7 heteroatoms. The lowest BCUT2D eigenvalue weighted by Crippen LogP contribution is -2.29. The lowest BCUT2D eigenvalue weighted by atomic mass is 9.84. The maximum Gasteiger partial charge on any atom is 0.354 e. The predicted octanol–water partition coefficient (Wildman–Crippen LogP) is 2.71. The number of allylic oxidation sites excluding steroid dienone is 1. The van der Waals surface area contributed by atoms with E-state index in [9.17, 15) is 14.7 Å². The van der Waals surface area contributed by atoms with Gasteiger partial charge >= 0.3 is 11.9 Å². The number of ether oxygens (including phenoxy) is 3. The molecular formula is C21H37NO6. The normalized spacial score (nSPS) is 16.5. The molecule has 0 bridgehead atoms. The first kappa shape index (κ1) is 24.4. The third-order valence-corrected chi connectivity index (χ3v) is 4.81. The van der Waals surface area contributed by atoms with Crippen molar-refractivity contribution in [3.63, 3.8) is 0 Å². The van der Waals surface area contributed by atoms with Gasteiger partial charge in [-0.1, -0.05) is 25.3 Å². The number of esters is 2. The van der Waals surface area contributed by atoms with Gasteiger partial charge in [0.1, 0.15) is 12.3 Å². The van der Waals surface area contributed by atoms with Gasteiger partial charge < -0.3 is 24.6 Å². The van der Waals surface area contributed by atoms with E-state index in [0.29, 0.717) is 57.2 Å². The van der Waals surface area contributed by atoms with Crippen molar-refractivity contribution in [1.29, 1.82) is 0 Å². The van der Waals surface area contributed by atoms with Gasteiger partial charge in [0.25, 0.3) is 0 Å². The zero-order chi connectivity index (χ0) is 20.6. The Morgan fingerprint density at radius 3 is 2.54 bits per heavy atom. The number of hydrogen-bond acceptors (Lipinski definition) is 7. The van der Waals surface area contributed by atoms with Crippen LogP contribution in [0.2, 0.25) is 0 Å². The molecular weight excluding hydrogens is 362 g/mol. The number of aliphatic hydroxyl groups is 1. The average Bonchev–Trinajstić information content (AvgIpc) is 2.70. The molecule has 0 spiro atoms. The molecule has 1 fully saturated rings. The van der Waals surface area contributed by atoms with Crippen molar-refractivity contribution in [3.05, 3.63) is 11.8 Å². The second kappa shape index (κ2) is 15.3. The van der Waals surface area contributed by atoms with Crippen LogP contribution >= 0.6 is 0 Å². The zero-order valence-electron chi connectivity index (χ0n) is 17.4. The van der Waals surface area contributed by atoms with Gasteiger partial charge in [-0.05, 0) is 51.9 Å². The number of carbonyl (C=O) groups is 2. The molecule has 2 N–H and O–H groups in total. The molecule has 7 nitrogen and oxygen atoms in total. The van der Waals surface area contributed by atoms with Crippen molar-refractivity contribution in [2.45, 2.75) is 71.3 Å². The van der Waals surface area contributed by atoms with E-state index in [1.54, 1.807) is 19.9 Å². The van der Waals surface area contributed by atoms with Crippen molar-refractivity contribution in [2.75, 3.05) is 33.0 Å². The molecule has 28 heavy (non-hydrogen) atoms. The molecule has 1 aliphatic rings. The van der Waals surface area contributed by atoms with Crippen LogP contribution in [-0.2, 0) is 23.8 Å². The summed E-state index contributed by atoms with van der Waals surface area (Å²) >= 11 is 0. The number of rotatable bonds is 14. The van der Waals surface area contributed by atoms with Crippen molar-refractivity contribution in [3.8, 4) is 0 Å². The van der Waals surface area contributed by atoms with E-state index in [-0.39, 0.29) is 24.6 Å². The van der Waals surface area contributed by atoms with Gasteiger partial charge in [-0.15, -0.1) is 0 Å². The number of hydrogen-bond donors (Lipinski definition) is 2. The van der Waals surface area contributed by atoms with Gasteiger partial charge in [0.05, 0.1) is 19.3 Å². The second-order valence-corrected chi connectivity index (χ2v) is 7.02. The minimum atomic E-state index is -0.387. The Morgan fingerprint density at radius 1 is 1.14 bits per heavy atom. The molecule has 162 valence electrons. The van der Waals surface area contributed by atoms with Crippen LogP contribution in [0.5, 0.6) is 0 Å². The largest absolute Gasteiger partial charge is 0.464 e. The molecule has 1 aliphatic carbocycles. The maximum absolute atomic E-state index is 12.1. The summed E-state index contributed by atoms with van der Waals surface area (Å²) in [6.07, 6.45) is 9.21. The molecule has 0 aromatic carbocycles. The van der Waals surface area contributed by atoms with E-state index >= 15 is 0 Å². The van der Waals surface area contributed by atoms with Crippen molar-refractivity contribution in [1.82, 2.24) is 5.32 Å². The monoisotopic (exact) mass is 399 g/mol. The van der Waals surface area contributed by atoms with Crippen LogP contribution in [0.1, 0.15) is 65.2 Å². The SMILES string of the molecule is CCOC(=O)COCCC/C=C(/NCCC(O)C1CCCCC1)C(=O)OCC. The van der Waals surface area contributed by atoms with E-state index in [1.807, 2.05) is 0 Å². The molecule has 1 unspecified atom stereocenters. The Kier molecular flexibility index (Phi) is 13.4. The van der Waals surface area contributed by atoms with Gasteiger partial charge in [0, 0.05) is 13.2 Å². The summed E-state index contributed by atoms with van der Waals surface area (Å²) in [5.41, 5.74) is 0.420. The van der Waals surface area contributed by atoms with Gasteiger partial charge in [-0.2, -0.15) is 0 Å². The molecule has 0 aliphatic heterocycles. The highest BCUT2D eigenvalue weighted by molar-refractivity contribution is 5.87. The van der Waals surface area contributed by atoms with Crippen LogP contribution in [0.15, 0.2) is 11.8 Å². The molecule has 1 atom stereocenters. The second-order valence-electron chi connectivity index (χ2n) is 7.02. The van der Waals surface area contributed by atoms with Crippen LogP contribution in [0.4, 0.5) is 0 Å². The van der Waals surface area contributed by atoms with Crippen LogP contribution in [-0.4, -0.2) is 56.1 Å². The average molecular weight is 400 g/mol. The van der Waals surface area contributed by atoms with Crippen LogP contribution in [0, 0.1) is 5.92 Å². The highest BCUT2D eigenvalue weighted by Crippen LogP contribution is 2.27. The lowest BCUT2D eigenvalue weighted by molar-refractivity contribution is -0.148. The van der Waals surface area contributed by atoms with E-state index < -0.39 is 0 Å². The van der Waals surface area contributed by atoms with Gasteiger partial charge in [-0.25, -0.2) is 9.59 Å². The minimum Gasteiger partial charge on any atom is -0.464 e. The smallest absolute Gasteiger partial charge is 0.354 e. The summed E-state index contributed by atoms with van der Waals surface area (Å²) in [5, 5.41) is 13.5. The Morgan fingerprint density at radius 2 is 1.86 bits per heavy atom. The first-order valence-corrected chi connectivity index (χ1v) is 10.6. The quantitative estimate of drug-likeness (QED) is 0.263. The van der Waals surface area contributed by atoms with Crippen molar-refractivity contribution in [2.24, 2.45) is 5.92 Å².